The summed E-state index contributed by atoms with van der Waals surface area (Å²) in [6.45, 7) is 10.2. The Kier molecular flexibility index (Phi) is 9.50. The van der Waals surface area contributed by atoms with Crippen LogP contribution in [0.15, 0.2) is 22.9 Å². The average molecular weight is 522 g/mol. The van der Waals surface area contributed by atoms with Gasteiger partial charge in [-0.05, 0) is 17.4 Å². The first kappa shape index (κ1) is 26.9. The number of carbonyl (C=O) groups excluding carboxylic acids is 3. The molecule has 3 rings (SSSR count). The molecule has 9 nitrogen and oxygen atoms in total. The van der Waals surface area contributed by atoms with E-state index in [0.29, 0.717) is 38.6 Å². The summed E-state index contributed by atoms with van der Waals surface area (Å²) in [7, 11) is 1.70. The third-order valence-electron chi connectivity index (χ3n) is 5.79. The molecule has 0 radical (unpaired) electrons. The summed E-state index contributed by atoms with van der Waals surface area (Å²) in [6.07, 6.45) is -0.372. The molecule has 3 heterocycles. The molecule has 1 atom stereocenters. The monoisotopic (exact) mass is 521 g/mol. The number of hydrogen-bond acceptors (Lipinski definition) is 7. The third kappa shape index (κ3) is 7.41. The molecule has 2 aromatic heterocycles. The zero-order valence-corrected chi connectivity index (χ0v) is 22.7. The van der Waals surface area contributed by atoms with E-state index in [9.17, 15) is 14.4 Å². The van der Waals surface area contributed by atoms with Gasteiger partial charge in [0.15, 0.2) is 0 Å². The van der Waals surface area contributed by atoms with Crippen LogP contribution in [-0.4, -0.2) is 77.0 Å². The van der Waals surface area contributed by atoms with E-state index in [4.69, 9.17) is 4.74 Å². The minimum atomic E-state index is -0.649. The maximum atomic E-state index is 13.2. The fourth-order valence-electron chi connectivity index (χ4n) is 3.66. The van der Waals surface area contributed by atoms with Gasteiger partial charge in [0.1, 0.15) is 12.6 Å². The van der Waals surface area contributed by atoms with Crippen molar-refractivity contribution in [2.45, 2.75) is 52.8 Å². The normalized spacial score (nSPS) is 14.8. The summed E-state index contributed by atoms with van der Waals surface area (Å²) in [5, 5.41) is 7.85. The minimum absolute atomic E-state index is 0.0829. The highest BCUT2D eigenvalue weighted by molar-refractivity contribution is 7.10. The van der Waals surface area contributed by atoms with Crippen LogP contribution in [0.4, 0.5) is 9.59 Å². The lowest BCUT2D eigenvalue weighted by atomic mass is 10.0. The molecule has 1 saturated heterocycles. The lowest BCUT2D eigenvalue weighted by Crippen LogP contribution is -2.58. The van der Waals surface area contributed by atoms with E-state index in [2.05, 4.69) is 24.1 Å². The van der Waals surface area contributed by atoms with Crippen LogP contribution in [0, 0.1) is 5.92 Å². The van der Waals surface area contributed by atoms with Crippen LogP contribution in [0.5, 0.6) is 0 Å². The summed E-state index contributed by atoms with van der Waals surface area (Å²) in [4.78, 5) is 48.9. The Bertz CT molecular complexity index is 984. The molecule has 1 aliphatic rings. The van der Waals surface area contributed by atoms with Crippen molar-refractivity contribution in [3.05, 3.63) is 38.5 Å². The Morgan fingerprint density at radius 3 is 2.37 bits per heavy atom. The highest BCUT2D eigenvalue weighted by Gasteiger charge is 2.32. The molecule has 0 spiro atoms. The number of nitrogens with zero attached hydrogens (tertiary/aromatic N) is 4. The Morgan fingerprint density at radius 2 is 1.80 bits per heavy atom. The second kappa shape index (κ2) is 12.3. The zero-order valence-electron chi connectivity index (χ0n) is 21.0. The molecular weight excluding hydrogens is 486 g/mol. The van der Waals surface area contributed by atoms with Crippen molar-refractivity contribution in [2.24, 2.45) is 5.92 Å². The van der Waals surface area contributed by atoms with Gasteiger partial charge in [-0.2, -0.15) is 0 Å². The predicted octanol–water partition coefficient (Wildman–Crippen LogP) is 3.98. The number of aromatic nitrogens is 1. The van der Waals surface area contributed by atoms with Crippen molar-refractivity contribution in [2.75, 3.05) is 33.2 Å². The number of carbonyl (C=O) groups is 3. The summed E-state index contributed by atoms with van der Waals surface area (Å²) in [5.41, 5.74) is 0.839. The number of thiophene rings is 1. The molecule has 1 N–H and O–H groups in total. The first-order chi connectivity index (χ1) is 16.7. The third-order valence-corrected chi connectivity index (χ3v) is 7.83. The molecule has 0 bridgehead atoms. The van der Waals surface area contributed by atoms with E-state index < -0.39 is 6.04 Å². The van der Waals surface area contributed by atoms with Gasteiger partial charge in [0.05, 0.1) is 17.2 Å². The fourth-order valence-corrected chi connectivity index (χ4v) is 5.10. The maximum Gasteiger partial charge on any atom is 0.410 e. The largest absolute Gasteiger partial charge is 0.444 e. The summed E-state index contributed by atoms with van der Waals surface area (Å²) >= 11 is 3.13. The predicted molar refractivity (Wildman–Crippen MR) is 137 cm³/mol. The second-order valence-electron chi connectivity index (χ2n) is 9.31. The van der Waals surface area contributed by atoms with Gasteiger partial charge in [0, 0.05) is 49.4 Å². The summed E-state index contributed by atoms with van der Waals surface area (Å²) in [5.74, 6) is 0.128. The van der Waals surface area contributed by atoms with Gasteiger partial charge in [0.25, 0.3) is 0 Å². The number of amides is 4. The van der Waals surface area contributed by atoms with E-state index in [1.807, 2.05) is 36.7 Å². The number of ether oxygens (including phenoxy) is 1. The lowest BCUT2D eigenvalue weighted by molar-refractivity contribution is -0.136. The van der Waals surface area contributed by atoms with Crippen molar-refractivity contribution < 1.29 is 19.1 Å². The average Bonchev–Trinajstić information content (AvgIpc) is 3.52. The number of hydrogen-bond donors (Lipinski definition) is 1. The molecule has 0 saturated carbocycles. The molecule has 2 aromatic rings. The first-order valence-corrected chi connectivity index (χ1v) is 13.6. The van der Waals surface area contributed by atoms with Crippen LogP contribution >= 0.6 is 22.7 Å². The highest BCUT2D eigenvalue weighted by Crippen LogP contribution is 2.20. The first-order valence-electron chi connectivity index (χ1n) is 11.8. The van der Waals surface area contributed by atoms with Crippen LogP contribution in [0.1, 0.15) is 49.2 Å². The number of urea groups is 1. The van der Waals surface area contributed by atoms with E-state index in [-0.39, 0.29) is 30.6 Å². The lowest BCUT2D eigenvalue weighted by Gasteiger charge is -2.37. The van der Waals surface area contributed by atoms with Crippen molar-refractivity contribution >= 4 is 40.7 Å². The fraction of sp³-hybridized carbons (Fsp3) is 0.583. The molecule has 1 unspecified atom stereocenters. The Hall–Kier alpha value is -2.66. The topological polar surface area (TPSA) is 95.1 Å². The van der Waals surface area contributed by atoms with Crippen molar-refractivity contribution in [3.8, 4) is 0 Å². The second-order valence-corrected chi connectivity index (χ2v) is 11.2. The molecule has 0 aliphatic carbocycles. The Balaban J connectivity index is 1.49. The van der Waals surface area contributed by atoms with Gasteiger partial charge in [-0.1, -0.05) is 33.8 Å². The van der Waals surface area contributed by atoms with Crippen molar-refractivity contribution in [3.63, 3.8) is 0 Å². The molecule has 4 amide bonds. The summed E-state index contributed by atoms with van der Waals surface area (Å²) < 4.78 is 5.38. The Morgan fingerprint density at radius 1 is 1.11 bits per heavy atom. The maximum absolute atomic E-state index is 13.2. The van der Waals surface area contributed by atoms with Gasteiger partial charge >= 0.3 is 12.1 Å². The van der Waals surface area contributed by atoms with Gasteiger partial charge in [-0.15, -0.1) is 22.7 Å². The van der Waals surface area contributed by atoms with E-state index in [1.165, 1.54) is 0 Å². The number of nitrogens with one attached hydrogen (secondary N) is 1. The molecule has 35 heavy (non-hydrogen) atoms. The van der Waals surface area contributed by atoms with Crippen LogP contribution in [0.2, 0.25) is 0 Å². The molecule has 1 aliphatic heterocycles. The smallest absolute Gasteiger partial charge is 0.410 e. The molecule has 192 valence electrons. The van der Waals surface area contributed by atoms with E-state index in [0.717, 1.165) is 15.6 Å². The zero-order chi connectivity index (χ0) is 25.5. The minimum Gasteiger partial charge on any atom is -0.444 e. The van der Waals surface area contributed by atoms with Crippen LogP contribution < -0.4 is 5.32 Å². The number of piperazine rings is 1. The number of rotatable bonds is 8. The standard InChI is InChI=1S/C24H35N5O4S2/c1-16(2)20(26-23(31)27(5)13-18-15-35-21(25-18)17(3)4)22(30)28-8-10-29(11-9-28)24(32)33-14-19-7-6-12-34-19/h6-7,12,15-17,20H,8-11,13-14H2,1-5H3,(H,26,31). The van der Waals surface area contributed by atoms with Crippen LogP contribution in [0.25, 0.3) is 0 Å². The van der Waals surface area contributed by atoms with Gasteiger partial charge in [-0.3, -0.25) is 4.79 Å². The molecule has 0 aromatic carbocycles. The quantitative estimate of drug-likeness (QED) is 0.567. The molecule has 11 heteroatoms. The molecule has 1 fully saturated rings. The van der Waals surface area contributed by atoms with Gasteiger partial charge in [0.2, 0.25) is 5.91 Å². The van der Waals surface area contributed by atoms with Crippen molar-refractivity contribution in [1.82, 2.24) is 25.0 Å². The van der Waals surface area contributed by atoms with Crippen LogP contribution in [-0.2, 0) is 22.7 Å². The van der Waals surface area contributed by atoms with Gasteiger partial charge < -0.3 is 24.8 Å². The van der Waals surface area contributed by atoms with Crippen molar-refractivity contribution in [1.29, 1.82) is 0 Å². The highest BCUT2D eigenvalue weighted by atomic mass is 32.1. The SMILES string of the molecule is CC(C)c1nc(CN(C)C(=O)NC(C(=O)N2CCN(C(=O)OCc3cccs3)CC2)C(C)C)cs1. The van der Waals surface area contributed by atoms with Crippen LogP contribution in [0.3, 0.4) is 0 Å². The number of thiazole rings is 1. The van der Waals surface area contributed by atoms with E-state index in [1.54, 1.807) is 44.4 Å². The Labute approximate surface area is 215 Å². The summed E-state index contributed by atoms with van der Waals surface area (Å²) in [6, 6.07) is 2.88. The molecular formula is C24H35N5O4S2. The van der Waals surface area contributed by atoms with E-state index >= 15 is 0 Å². The van der Waals surface area contributed by atoms with Gasteiger partial charge in [-0.25, -0.2) is 14.6 Å².